The highest BCUT2D eigenvalue weighted by Gasteiger charge is 2.06. The minimum Gasteiger partial charge on any atom is -0.496 e. The quantitative estimate of drug-likeness (QED) is 0.596. The Hall–Kier alpha value is -2.50. The third-order valence-corrected chi connectivity index (χ3v) is 2.85. The molecule has 0 heterocycles. The van der Waals surface area contributed by atoms with Gasteiger partial charge in [-0.3, -0.25) is 4.79 Å². The highest BCUT2D eigenvalue weighted by molar-refractivity contribution is 5.95. The van der Waals surface area contributed by atoms with E-state index >= 15 is 0 Å². The van der Waals surface area contributed by atoms with Gasteiger partial charge in [0.25, 0.3) is 0 Å². The van der Waals surface area contributed by atoms with Crippen molar-refractivity contribution >= 4 is 17.6 Å². The zero-order valence-corrected chi connectivity index (χ0v) is 13.1. The Bertz CT molecular complexity index is 541. The molecule has 2 N–H and O–H groups in total. The number of benzene rings is 1. The summed E-state index contributed by atoms with van der Waals surface area (Å²) in [5, 5.41) is 5.22. The number of alkyl carbamates (subject to hydrolysis) is 1. The Morgan fingerprint density at radius 3 is 2.55 bits per heavy atom. The predicted molar refractivity (Wildman–Crippen MR) is 84.7 cm³/mol. The molecule has 2 amide bonds. The predicted octanol–water partition coefficient (Wildman–Crippen LogP) is 1.96. The average Bonchev–Trinajstić information content (AvgIpc) is 2.51. The number of carbonyl (C=O) groups excluding carboxylic acids is 2. The van der Waals surface area contributed by atoms with E-state index in [4.69, 9.17) is 9.47 Å². The van der Waals surface area contributed by atoms with Crippen molar-refractivity contribution in [3.05, 3.63) is 35.9 Å². The van der Waals surface area contributed by atoms with E-state index < -0.39 is 6.09 Å². The summed E-state index contributed by atoms with van der Waals surface area (Å²) in [5.41, 5.74) is 1.66. The molecule has 0 saturated carbocycles. The first kappa shape index (κ1) is 17.6. The van der Waals surface area contributed by atoms with Crippen LogP contribution < -0.4 is 15.4 Å². The summed E-state index contributed by atoms with van der Waals surface area (Å²) in [4.78, 5) is 22.9. The van der Waals surface area contributed by atoms with Crippen LogP contribution in [0.3, 0.4) is 0 Å². The molecule has 120 valence electrons. The van der Waals surface area contributed by atoms with Crippen molar-refractivity contribution in [1.29, 1.82) is 0 Å². The number of ether oxygens (including phenoxy) is 2. The van der Waals surface area contributed by atoms with Crippen molar-refractivity contribution < 1.29 is 19.1 Å². The number of para-hydroxylation sites is 1. The number of hydrogen-bond donors (Lipinski definition) is 2. The Morgan fingerprint density at radius 2 is 1.86 bits per heavy atom. The van der Waals surface area contributed by atoms with Gasteiger partial charge >= 0.3 is 6.09 Å². The Morgan fingerprint density at radius 1 is 1.18 bits per heavy atom. The van der Waals surface area contributed by atoms with E-state index in [1.807, 2.05) is 31.2 Å². The molecular formula is C16H22N2O4. The minimum atomic E-state index is -0.488. The average molecular weight is 306 g/mol. The summed E-state index contributed by atoms with van der Waals surface area (Å²) >= 11 is 0. The van der Waals surface area contributed by atoms with Crippen LogP contribution in [-0.2, 0) is 9.53 Å². The van der Waals surface area contributed by atoms with Crippen LogP contribution >= 0.6 is 0 Å². The molecule has 6 heteroatoms. The number of methoxy groups -OCH3 is 1. The molecule has 0 aliphatic heterocycles. The van der Waals surface area contributed by atoms with Crippen LogP contribution in [0, 0.1) is 0 Å². The molecule has 0 fully saturated rings. The van der Waals surface area contributed by atoms with Gasteiger partial charge in [0.1, 0.15) is 5.75 Å². The molecule has 0 spiro atoms. The molecule has 6 nitrogen and oxygen atoms in total. The van der Waals surface area contributed by atoms with Crippen LogP contribution in [-0.4, -0.2) is 38.8 Å². The summed E-state index contributed by atoms with van der Waals surface area (Å²) in [6.07, 6.45) is 1.01. The normalized spacial score (nSPS) is 10.8. The first-order chi connectivity index (χ1) is 10.6. The summed E-state index contributed by atoms with van der Waals surface area (Å²) in [6, 6.07) is 7.49. The lowest BCUT2D eigenvalue weighted by Crippen LogP contribution is -2.34. The maximum atomic E-state index is 11.8. The number of amides is 2. The second-order valence-electron chi connectivity index (χ2n) is 4.47. The molecule has 0 aliphatic rings. The Labute approximate surface area is 130 Å². The molecule has 0 saturated heterocycles. The van der Waals surface area contributed by atoms with Crippen molar-refractivity contribution in [2.45, 2.75) is 13.8 Å². The van der Waals surface area contributed by atoms with Gasteiger partial charge in [-0.05, 0) is 25.5 Å². The first-order valence-electron chi connectivity index (χ1n) is 7.08. The van der Waals surface area contributed by atoms with Crippen LogP contribution in [0.2, 0.25) is 0 Å². The van der Waals surface area contributed by atoms with Gasteiger partial charge in [-0.1, -0.05) is 18.2 Å². The zero-order chi connectivity index (χ0) is 16.4. The maximum absolute atomic E-state index is 11.8. The Kier molecular flexibility index (Phi) is 7.53. The molecule has 1 aromatic carbocycles. The van der Waals surface area contributed by atoms with Crippen molar-refractivity contribution in [3.8, 4) is 5.75 Å². The van der Waals surface area contributed by atoms with E-state index in [-0.39, 0.29) is 5.91 Å². The van der Waals surface area contributed by atoms with Crippen LogP contribution in [0.15, 0.2) is 30.3 Å². The number of carbonyl (C=O) groups is 2. The first-order valence-corrected chi connectivity index (χ1v) is 7.08. The van der Waals surface area contributed by atoms with Gasteiger partial charge in [-0.15, -0.1) is 0 Å². The SMILES string of the molecule is CCOC(=O)NCCNC(=O)/C=C(/C)c1ccccc1OC. The second-order valence-corrected chi connectivity index (χ2v) is 4.47. The van der Waals surface area contributed by atoms with Crippen molar-refractivity contribution in [3.63, 3.8) is 0 Å². The van der Waals surface area contributed by atoms with E-state index in [0.29, 0.717) is 25.4 Å². The van der Waals surface area contributed by atoms with Crippen LogP contribution in [0.4, 0.5) is 4.79 Å². The zero-order valence-electron chi connectivity index (χ0n) is 13.1. The fourth-order valence-corrected chi connectivity index (χ4v) is 1.83. The number of nitrogens with one attached hydrogen (secondary N) is 2. The van der Waals surface area contributed by atoms with Crippen molar-refractivity contribution in [2.75, 3.05) is 26.8 Å². The van der Waals surface area contributed by atoms with Crippen molar-refractivity contribution in [1.82, 2.24) is 10.6 Å². The van der Waals surface area contributed by atoms with E-state index in [2.05, 4.69) is 10.6 Å². The molecule has 0 aromatic heterocycles. The van der Waals surface area contributed by atoms with Crippen LogP contribution in [0.5, 0.6) is 5.75 Å². The van der Waals surface area contributed by atoms with Gasteiger partial charge in [0, 0.05) is 24.7 Å². The largest absolute Gasteiger partial charge is 0.496 e. The van der Waals surface area contributed by atoms with Crippen LogP contribution in [0.25, 0.3) is 5.57 Å². The summed E-state index contributed by atoms with van der Waals surface area (Å²) in [5.74, 6) is 0.488. The number of rotatable bonds is 7. The molecule has 0 unspecified atom stereocenters. The molecule has 1 aromatic rings. The number of hydrogen-bond acceptors (Lipinski definition) is 4. The van der Waals surface area contributed by atoms with Gasteiger partial charge in [0.15, 0.2) is 0 Å². The fourth-order valence-electron chi connectivity index (χ4n) is 1.83. The highest BCUT2D eigenvalue weighted by Crippen LogP contribution is 2.24. The van der Waals surface area contributed by atoms with Crippen molar-refractivity contribution in [2.24, 2.45) is 0 Å². The summed E-state index contributed by atoms with van der Waals surface area (Å²) in [7, 11) is 1.59. The van der Waals surface area contributed by atoms with Crippen LogP contribution in [0.1, 0.15) is 19.4 Å². The second kappa shape index (κ2) is 9.44. The van der Waals surface area contributed by atoms with Gasteiger partial charge in [-0.25, -0.2) is 4.79 Å². The van der Waals surface area contributed by atoms with Gasteiger partial charge in [-0.2, -0.15) is 0 Å². The minimum absolute atomic E-state index is 0.228. The highest BCUT2D eigenvalue weighted by atomic mass is 16.5. The van der Waals surface area contributed by atoms with Gasteiger partial charge in [0.2, 0.25) is 5.91 Å². The molecular weight excluding hydrogens is 284 g/mol. The standard InChI is InChI=1S/C16H22N2O4/c1-4-22-16(20)18-10-9-17-15(19)11-12(2)13-7-5-6-8-14(13)21-3/h5-8,11H,4,9-10H2,1-3H3,(H,17,19)(H,18,20)/b12-11-. The fraction of sp³-hybridized carbons (Fsp3) is 0.375. The van der Waals surface area contributed by atoms with E-state index in [1.165, 1.54) is 6.08 Å². The van der Waals surface area contributed by atoms with E-state index in [0.717, 1.165) is 11.1 Å². The van der Waals surface area contributed by atoms with E-state index in [1.54, 1.807) is 14.0 Å². The monoisotopic (exact) mass is 306 g/mol. The molecule has 0 radical (unpaired) electrons. The smallest absolute Gasteiger partial charge is 0.407 e. The lowest BCUT2D eigenvalue weighted by molar-refractivity contribution is -0.116. The summed E-state index contributed by atoms with van der Waals surface area (Å²) in [6.45, 7) is 4.53. The third kappa shape index (κ3) is 5.87. The van der Waals surface area contributed by atoms with Gasteiger partial charge in [0.05, 0.1) is 13.7 Å². The lowest BCUT2D eigenvalue weighted by Gasteiger charge is -2.09. The van der Waals surface area contributed by atoms with E-state index in [9.17, 15) is 9.59 Å². The topological polar surface area (TPSA) is 76.7 Å². The maximum Gasteiger partial charge on any atom is 0.407 e. The molecule has 1 rings (SSSR count). The molecule has 0 atom stereocenters. The van der Waals surface area contributed by atoms with Gasteiger partial charge < -0.3 is 20.1 Å². The lowest BCUT2D eigenvalue weighted by atomic mass is 10.1. The Balaban J connectivity index is 2.47. The third-order valence-electron chi connectivity index (χ3n) is 2.85. The molecule has 0 aliphatic carbocycles. The molecule has 0 bridgehead atoms. The molecule has 22 heavy (non-hydrogen) atoms. The number of allylic oxidation sites excluding steroid dienone is 1. The summed E-state index contributed by atoms with van der Waals surface area (Å²) < 4.78 is 9.97.